The van der Waals surface area contributed by atoms with Gasteiger partial charge in [0, 0.05) is 0 Å². The fraction of sp³-hybridized carbons (Fsp3) is 0.455. The van der Waals surface area contributed by atoms with Crippen LogP contribution in [-0.4, -0.2) is 24.9 Å². The van der Waals surface area contributed by atoms with Gasteiger partial charge in [0.05, 0.1) is 17.5 Å². The first-order valence-corrected chi connectivity index (χ1v) is 5.89. The maximum Gasteiger partial charge on any atom is 0.369 e. The number of halogens is 7. The van der Waals surface area contributed by atoms with Crippen molar-refractivity contribution in [1.82, 2.24) is 0 Å². The molecule has 108 valence electrons. The van der Waals surface area contributed by atoms with E-state index in [1.54, 1.807) is 18.2 Å². The Bertz CT molecular complexity index is 423. The van der Waals surface area contributed by atoms with Crippen molar-refractivity contribution >= 4 is 15.9 Å². The molecule has 0 radical (unpaired) electrons. The zero-order chi connectivity index (χ0) is 14.7. The lowest BCUT2D eigenvalue weighted by atomic mass is 10.1. The molecule has 0 spiro atoms. The monoisotopic (exact) mass is 350 g/mol. The van der Waals surface area contributed by atoms with E-state index < -0.39 is 31.3 Å². The van der Waals surface area contributed by atoms with Crippen molar-refractivity contribution in [1.29, 1.82) is 0 Å². The third-order valence-corrected chi connectivity index (χ3v) is 2.93. The van der Waals surface area contributed by atoms with Crippen LogP contribution in [0.2, 0.25) is 0 Å². The molecule has 0 aliphatic carbocycles. The fourth-order valence-corrected chi connectivity index (χ4v) is 1.58. The summed E-state index contributed by atoms with van der Waals surface area (Å²) in [5, 5.41) is 0. The average molecular weight is 351 g/mol. The lowest BCUT2D eigenvalue weighted by Crippen LogP contribution is -2.47. The lowest BCUT2D eigenvalue weighted by Gasteiger charge is -2.25. The normalized spacial score (nSPS) is 12.8. The maximum atomic E-state index is 12.9. The van der Waals surface area contributed by atoms with Gasteiger partial charge in [-0.05, 0) is 28.1 Å². The molecule has 0 fully saturated rings. The molecule has 1 rings (SSSR count). The number of para-hydroxylation sites is 1. The second-order valence-electron chi connectivity index (χ2n) is 3.66. The third kappa shape index (κ3) is 3.77. The Kier molecular flexibility index (Phi) is 5.11. The van der Waals surface area contributed by atoms with E-state index in [4.69, 9.17) is 4.74 Å². The molecule has 0 saturated carbocycles. The number of alkyl halides is 6. The van der Waals surface area contributed by atoms with E-state index >= 15 is 0 Å². The van der Waals surface area contributed by atoms with Gasteiger partial charge in [0.2, 0.25) is 0 Å². The largest absolute Gasteiger partial charge is 0.492 e. The summed E-state index contributed by atoms with van der Waals surface area (Å²) >= 11 is 3.06. The van der Waals surface area contributed by atoms with Crippen molar-refractivity contribution in [3.63, 3.8) is 0 Å². The summed E-state index contributed by atoms with van der Waals surface area (Å²) in [5.74, 6) is -10.0. The number of benzene rings is 1. The third-order valence-electron chi connectivity index (χ3n) is 2.27. The second-order valence-corrected chi connectivity index (χ2v) is 4.51. The van der Waals surface area contributed by atoms with Gasteiger partial charge in [0.1, 0.15) is 5.75 Å². The highest BCUT2D eigenvalue weighted by Gasteiger charge is 2.62. The van der Waals surface area contributed by atoms with Gasteiger partial charge < -0.3 is 4.74 Å². The highest BCUT2D eigenvalue weighted by molar-refractivity contribution is 9.10. The summed E-state index contributed by atoms with van der Waals surface area (Å²) in [4.78, 5) is 0. The first kappa shape index (κ1) is 16.1. The smallest absolute Gasteiger partial charge is 0.369 e. The van der Waals surface area contributed by atoms with Crippen LogP contribution in [0.25, 0.3) is 0 Å². The van der Waals surface area contributed by atoms with Crippen molar-refractivity contribution in [2.45, 2.75) is 24.7 Å². The summed E-state index contributed by atoms with van der Waals surface area (Å²) in [7, 11) is 0. The van der Waals surface area contributed by atoms with Crippen molar-refractivity contribution in [3.8, 4) is 5.75 Å². The quantitative estimate of drug-likeness (QED) is 0.672. The van der Waals surface area contributed by atoms with Gasteiger partial charge in [-0.1, -0.05) is 12.1 Å². The van der Waals surface area contributed by atoms with Crippen molar-refractivity contribution in [2.75, 3.05) is 6.61 Å². The Balaban J connectivity index is 2.60. The van der Waals surface area contributed by atoms with Gasteiger partial charge in [-0.3, -0.25) is 0 Å². The Morgan fingerprint density at radius 3 is 2.21 bits per heavy atom. The van der Waals surface area contributed by atoms with Gasteiger partial charge in [-0.25, -0.2) is 8.78 Å². The second kappa shape index (κ2) is 6.02. The van der Waals surface area contributed by atoms with Crippen molar-refractivity contribution in [3.05, 3.63) is 28.7 Å². The average Bonchev–Trinajstić information content (AvgIpc) is 2.31. The number of hydrogen-bond acceptors (Lipinski definition) is 1. The molecule has 0 amide bonds. The molecule has 0 aromatic heterocycles. The van der Waals surface area contributed by atoms with Crippen LogP contribution in [0.15, 0.2) is 28.7 Å². The van der Waals surface area contributed by atoms with E-state index in [0.29, 0.717) is 4.47 Å². The first-order chi connectivity index (χ1) is 8.68. The molecule has 1 aromatic rings. The minimum atomic E-state index is -5.37. The van der Waals surface area contributed by atoms with Crippen LogP contribution in [0.3, 0.4) is 0 Å². The van der Waals surface area contributed by atoms with Crippen LogP contribution in [0, 0.1) is 0 Å². The molecule has 8 heteroatoms. The maximum absolute atomic E-state index is 12.9. The minimum Gasteiger partial charge on any atom is -0.492 e. The van der Waals surface area contributed by atoms with Crippen LogP contribution in [0.4, 0.5) is 26.3 Å². The Hall–Kier alpha value is -0.920. The van der Waals surface area contributed by atoms with Crippen LogP contribution in [0.1, 0.15) is 6.42 Å². The number of rotatable bonds is 6. The fourth-order valence-electron chi connectivity index (χ4n) is 1.18. The highest BCUT2D eigenvalue weighted by Crippen LogP contribution is 2.41. The molecule has 0 saturated heterocycles. The molecule has 0 heterocycles. The zero-order valence-corrected chi connectivity index (χ0v) is 10.9. The summed E-state index contributed by atoms with van der Waals surface area (Å²) < 4.78 is 80.0. The molecule has 0 bridgehead atoms. The predicted molar refractivity (Wildman–Crippen MR) is 60.2 cm³/mol. The molecule has 1 nitrogen and oxygen atoms in total. The number of ether oxygens (including phenoxy) is 1. The van der Waals surface area contributed by atoms with E-state index in [1.807, 2.05) is 0 Å². The zero-order valence-electron chi connectivity index (χ0n) is 9.35. The van der Waals surface area contributed by atoms with E-state index in [0.717, 1.165) is 0 Å². The van der Waals surface area contributed by atoms with Crippen LogP contribution >= 0.6 is 15.9 Å². The summed E-state index contributed by atoms with van der Waals surface area (Å²) in [5.41, 5.74) is 0. The van der Waals surface area contributed by atoms with Crippen molar-refractivity contribution in [2.24, 2.45) is 0 Å². The highest BCUT2D eigenvalue weighted by atomic mass is 79.9. The SMILES string of the molecule is FC(F)C(F)(F)C(F)(F)CCOc1ccccc1Br. The van der Waals surface area contributed by atoms with Crippen molar-refractivity contribution < 1.29 is 31.1 Å². The predicted octanol–water partition coefficient (Wildman–Crippen LogP) is 4.75. The molecule has 0 unspecified atom stereocenters. The number of hydrogen-bond donors (Lipinski definition) is 0. The standard InChI is InChI=1S/C11H9BrF6O/c12-7-3-1-2-4-8(7)19-6-5-10(15,16)11(17,18)9(13)14/h1-4,9H,5-6H2. The summed E-state index contributed by atoms with van der Waals surface area (Å²) in [6.07, 6.45) is -5.93. The minimum absolute atomic E-state index is 0.165. The van der Waals surface area contributed by atoms with Crippen LogP contribution < -0.4 is 4.74 Å². The first-order valence-electron chi connectivity index (χ1n) is 5.09. The molecule has 0 atom stereocenters. The topological polar surface area (TPSA) is 9.23 Å². The van der Waals surface area contributed by atoms with E-state index in [9.17, 15) is 26.3 Å². The summed E-state index contributed by atoms with van der Waals surface area (Å²) in [6.45, 7) is -0.808. The van der Waals surface area contributed by atoms with Gasteiger partial charge in [0.15, 0.2) is 0 Å². The van der Waals surface area contributed by atoms with Gasteiger partial charge in [-0.2, -0.15) is 17.6 Å². The Labute approximate surface area is 113 Å². The van der Waals surface area contributed by atoms with Gasteiger partial charge in [0.25, 0.3) is 0 Å². The molecular weight excluding hydrogens is 342 g/mol. The molecule has 1 aromatic carbocycles. The van der Waals surface area contributed by atoms with Gasteiger partial charge >= 0.3 is 18.3 Å². The Morgan fingerprint density at radius 2 is 1.68 bits per heavy atom. The van der Waals surface area contributed by atoms with E-state index in [-0.39, 0.29) is 5.75 Å². The van der Waals surface area contributed by atoms with Crippen LogP contribution in [-0.2, 0) is 0 Å². The lowest BCUT2D eigenvalue weighted by molar-refractivity contribution is -0.267. The molecule has 0 aliphatic rings. The van der Waals surface area contributed by atoms with Crippen LogP contribution in [0.5, 0.6) is 5.75 Å². The van der Waals surface area contributed by atoms with Gasteiger partial charge in [-0.15, -0.1) is 0 Å². The molecule has 0 aliphatic heterocycles. The molecule has 0 N–H and O–H groups in total. The van der Waals surface area contributed by atoms with E-state index in [2.05, 4.69) is 15.9 Å². The molecule has 19 heavy (non-hydrogen) atoms. The Morgan fingerprint density at radius 1 is 1.11 bits per heavy atom. The molecular formula is C11H9BrF6O. The van der Waals surface area contributed by atoms with E-state index in [1.165, 1.54) is 6.07 Å². The summed E-state index contributed by atoms with van der Waals surface area (Å²) in [6, 6.07) is 6.16.